The van der Waals surface area contributed by atoms with E-state index in [2.05, 4.69) is 0 Å². The normalized spacial score (nSPS) is 12.0. The van der Waals surface area contributed by atoms with Crippen LogP contribution < -0.4 is 4.74 Å². The summed E-state index contributed by atoms with van der Waals surface area (Å²) < 4.78 is 7.11. The number of hydrogen-bond donors (Lipinski definition) is 0. The van der Waals surface area contributed by atoms with Gasteiger partial charge in [-0.3, -0.25) is 20.2 Å². The average molecular weight is 405 g/mol. The van der Waals surface area contributed by atoms with Gasteiger partial charge in [0.05, 0.1) is 15.9 Å². The molecule has 0 amide bonds. The lowest BCUT2D eigenvalue weighted by Crippen LogP contribution is -2.22. The fraction of sp³-hybridized carbons (Fsp3) is 0.0952. The lowest BCUT2D eigenvalue weighted by Gasteiger charge is -2.16. The summed E-state index contributed by atoms with van der Waals surface area (Å²) in [4.78, 5) is 33.5. The number of ether oxygens (including phenoxy) is 1. The zero-order chi connectivity index (χ0) is 21.4. The standard InChI is InChI=1S/C21H15N3O6/c1-13(21(25)30-20-11-10-14(23(26)27)12-19(20)24(28)29)22-17-8-4-2-6-15(17)16-7-3-5-9-18(16)22/h2-13H,1H3. The Morgan fingerprint density at radius 1 is 0.900 bits per heavy atom. The van der Waals surface area contributed by atoms with Crippen molar-refractivity contribution in [1.29, 1.82) is 0 Å². The molecule has 0 fully saturated rings. The fourth-order valence-corrected chi connectivity index (χ4v) is 3.52. The maximum absolute atomic E-state index is 12.9. The monoisotopic (exact) mass is 405 g/mol. The summed E-state index contributed by atoms with van der Waals surface area (Å²) in [6.07, 6.45) is 0. The van der Waals surface area contributed by atoms with Gasteiger partial charge in [-0.25, -0.2) is 4.79 Å². The number of non-ortho nitro benzene ring substituents is 1. The molecule has 9 heteroatoms. The predicted molar refractivity (Wildman–Crippen MR) is 110 cm³/mol. The first-order valence-corrected chi connectivity index (χ1v) is 9.00. The second kappa shape index (κ2) is 7.28. The van der Waals surface area contributed by atoms with Gasteiger partial charge in [-0.05, 0) is 25.1 Å². The number of carbonyl (C=O) groups is 1. The molecule has 0 N–H and O–H groups in total. The summed E-state index contributed by atoms with van der Waals surface area (Å²) in [5.74, 6) is -1.07. The number of nitro benzene ring substituents is 2. The Morgan fingerprint density at radius 3 is 2.00 bits per heavy atom. The minimum atomic E-state index is -0.819. The summed E-state index contributed by atoms with van der Waals surface area (Å²) in [5.41, 5.74) is 0.534. The highest BCUT2D eigenvalue weighted by molar-refractivity contribution is 6.08. The molecule has 4 aromatic rings. The van der Waals surface area contributed by atoms with E-state index in [0.717, 1.165) is 40.0 Å². The van der Waals surface area contributed by atoms with Crippen LogP contribution in [-0.4, -0.2) is 20.4 Å². The SMILES string of the molecule is CC(C(=O)Oc1ccc([N+](=O)[O-])cc1[N+](=O)[O-])n1c2ccccc2c2ccccc21. The molecule has 0 radical (unpaired) electrons. The van der Waals surface area contributed by atoms with E-state index in [-0.39, 0.29) is 5.75 Å². The fourth-order valence-electron chi connectivity index (χ4n) is 3.52. The average Bonchev–Trinajstić information content (AvgIpc) is 3.07. The molecule has 4 rings (SSSR count). The number of hydrogen-bond acceptors (Lipinski definition) is 6. The molecule has 1 aromatic heterocycles. The van der Waals surface area contributed by atoms with Crippen molar-refractivity contribution in [1.82, 2.24) is 4.57 Å². The van der Waals surface area contributed by atoms with Crippen molar-refractivity contribution in [2.45, 2.75) is 13.0 Å². The number of fused-ring (bicyclic) bond motifs is 3. The molecule has 1 heterocycles. The molecule has 1 unspecified atom stereocenters. The Kier molecular flexibility index (Phi) is 4.63. The van der Waals surface area contributed by atoms with Gasteiger partial charge in [0.2, 0.25) is 5.75 Å². The number of esters is 1. The van der Waals surface area contributed by atoms with Gasteiger partial charge in [0.15, 0.2) is 0 Å². The third-order valence-corrected chi connectivity index (χ3v) is 4.91. The molecule has 0 spiro atoms. The number of para-hydroxylation sites is 2. The number of carbonyl (C=O) groups excluding carboxylic acids is 1. The zero-order valence-corrected chi connectivity index (χ0v) is 15.7. The zero-order valence-electron chi connectivity index (χ0n) is 15.7. The molecule has 0 saturated carbocycles. The van der Waals surface area contributed by atoms with Crippen LogP contribution >= 0.6 is 0 Å². The van der Waals surface area contributed by atoms with Crippen LogP contribution in [0.15, 0.2) is 66.7 Å². The lowest BCUT2D eigenvalue weighted by molar-refractivity contribution is -0.394. The number of aromatic nitrogens is 1. The Bertz CT molecular complexity index is 1270. The Morgan fingerprint density at radius 2 is 1.47 bits per heavy atom. The number of benzene rings is 3. The van der Waals surface area contributed by atoms with Gasteiger partial charge >= 0.3 is 11.7 Å². The van der Waals surface area contributed by atoms with Crippen molar-refractivity contribution in [3.8, 4) is 5.75 Å². The summed E-state index contributed by atoms with van der Waals surface area (Å²) in [7, 11) is 0. The molecule has 3 aromatic carbocycles. The second-order valence-electron chi connectivity index (χ2n) is 6.67. The van der Waals surface area contributed by atoms with Crippen LogP contribution in [0.3, 0.4) is 0 Å². The molecular weight excluding hydrogens is 390 g/mol. The van der Waals surface area contributed by atoms with E-state index in [1.807, 2.05) is 53.1 Å². The van der Waals surface area contributed by atoms with Crippen molar-refractivity contribution in [2.24, 2.45) is 0 Å². The third kappa shape index (κ3) is 3.12. The van der Waals surface area contributed by atoms with E-state index < -0.39 is 33.2 Å². The maximum atomic E-state index is 12.9. The topological polar surface area (TPSA) is 118 Å². The second-order valence-corrected chi connectivity index (χ2v) is 6.67. The highest BCUT2D eigenvalue weighted by atomic mass is 16.6. The molecule has 0 aliphatic heterocycles. The highest BCUT2D eigenvalue weighted by Gasteiger charge is 2.27. The van der Waals surface area contributed by atoms with Crippen molar-refractivity contribution in [3.05, 3.63) is 87.0 Å². The molecule has 1 atom stereocenters. The van der Waals surface area contributed by atoms with Gasteiger partial charge in [0.25, 0.3) is 5.69 Å². The van der Waals surface area contributed by atoms with Crippen molar-refractivity contribution in [2.75, 3.05) is 0 Å². The van der Waals surface area contributed by atoms with Gasteiger partial charge in [0.1, 0.15) is 6.04 Å². The Labute approximate surface area is 169 Å². The molecule has 0 aliphatic rings. The van der Waals surface area contributed by atoms with Gasteiger partial charge in [-0.15, -0.1) is 0 Å². The van der Waals surface area contributed by atoms with Crippen LogP contribution in [0.4, 0.5) is 11.4 Å². The van der Waals surface area contributed by atoms with E-state index in [0.29, 0.717) is 0 Å². The first-order valence-electron chi connectivity index (χ1n) is 9.00. The Hall–Kier alpha value is -4.27. The summed E-state index contributed by atoms with van der Waals surface area (Å²) in [6.45, 7) is 1.64. The molecular formula is C21H15N3O6. The lowest BCUT2D eigenvalue weighted by atomic mass is 10.2. The first kappa shape index (κ1) is 19.1. The maximum Gasteiger partial charge on any atom is 0.334 e. The molecule has 0 bridgehead atoms. The van der Waals surface area contributed by atoms with Crippen molar-refractivity contribution < 1.29 is 19.4 Å². The Balaban J connectivity index is 1.75. The van der Waals surface area contributed by atoms with Crippen molar-refractivity contribution in [3.63, 3.8) is 0 Å². The van der Waals surface area contributed by atoms with Crippen LogP contribution in [0.5, 0.6) is 5.75 Å². The van der Waals surface area contributed by atoms with Crippen molar-refractivity contribution >= 4 is 39.1 Å². The van der Waals surface area contributed by atoms with E-state index >= 15 is 0 Å². The summed E-state index contributed by atoms with van der Waals surface area (Å²) in [6, 6.07) is 17.3. The minimum Gasteiger partial charge on any atom is -0.418 e. The number of nitro groups is 2. The summed E-state index contributed by atoms with van der Waals surface area (Å²) >= 11 is 0. The molecule has 9 nitrogen and oxygen atoms in total. The number of rotatable bonds is 5. The largest absolute Gasteiger partial charge is 0.418 e. The predicted octanol–water partition coefficient (Wildman–Crippen LogP) is 4.78. The van der Waals surface area contributed by atoms with Gasteiger partial charge in [-0.2, -0.15) is 0 Å². The first-order chi connectivity index (χ1) is 14.4. The molecule has 0 aliphatic carbocycles. The highest BCUT2D eigenvalue weighted by Crippen LogP contribution is 2.34. The molecule has 150 valence electrons. The van der Waals surface area contributed by atoms with Gasteiger partial charge in [-0.1, -0.05) is 36.4 Å². The van der Waals surface area contributed by atoms with Gasteiger partial charge < -0.3 is 9.30 Å². The number of nitrogens with zero attached hydrogens (tertiary/aromatic N) is 3. The third-order valence-electron chi connectivity index (χ3n) is 4.91. The van der Waals surface area contributed by atoms with Crippen LogP contribution in [0.25, 0.3) is 21.8 Å². The van der Waals surface area contributed by atoms with Crippen LogP contribution in [0, 0.1) is 20.2 Å². The quantitative estimate of drug-likeness (QED) is 0.204. The molecule has 30 heavy (non-hydrogen) atoms. The van der Waals surface area contributed by atoms with E-state index in [9.17, 15) is 25.0 Å². The van der Waals surface area contributed by atoms with Crippen LogP contribution in [0.1, 0.15) is 13.0 Å². The van der Waals surface area contributed by atoms with Crippen LogP contribution in [0.2, 0.25) is 0 Å². The van der Waals surface area contributed by atoms with E-state index in [4.69, 9.17) is 4.74 Å². The minimum absolute atomic E-state index is 0.344. The van der Waals surface area contributed by atoms with E-state index in [1.165, 1.54) is 0 Å². The summed E-state index contributed by atoms with van der Waals surface area (Å²) in [5, 5.41) is 24.1. The smallest absolute Gasteiger partial charge is 0.334 e. The van der Waals surface area contributed by atoms with Crippen LogP contribution in [-0.2, 0) is 4.79 Å². The van der Waals surface area contributed by atoms with Gasteiger partial charge in [0, 0.05) is 27.9 Å². The molecule has 0 saturated heterocycles. The van der Waals surface area contributed by atoms with E-state index in [1.54, 1.807) is 6.92 Å².